The average molecular weight is 475 g/mol. The van der Waals surface area contributed by atoms with Crippen molar-refractivity contribution in [2.24, 2.45) is 0 Å². The SMILES string of the molecule is CCN(C(=O)CSc1ccc(S(=O)(=O)N2CCN(Cc3ccccc3)CC2)cn1)C1CC1. The molecule has 2 aliphatic rings. The minimum atomic E-state index is -3.57. The monoisotopic (exact) mass is 474 g/mol. The molecule has 0 atom stereocenters. The van der Waals surface area contributed by atoms with E-state index in [4.69, 9.17) is 0 Å². The Morgan fingerprint density at radius 3 is 2.41 bits per heavy atom. The van der Waals surface area contributed by atoms with E-state index in [1.54, 1.807) is 12.1 Å². The van der Waals surface area contributed by atoms with Gasteiger partial charge in [-0.1, -0.05) is 42.1 Å². The molecule has 9 heteroatoms. The van der Waals surface area contributed by atoms with Crippen LogP contribution in [0.4, 0.5) is 0 Å². The largest absolute Gasteiger partial charge is 0.339 e. The lowest BCUT2D eigenvalue weighted by atomic mass is 10.2. The number of nitrogens with zero attached hydrogens (tertiary/aromatic N) is 4. The Balaban J connectivity index is 1.29. The van der Waals surface area contributed by atoms with Gasteiger partial charge in [0, 0.05) is 51.5 Å². The Morgan fingerprint density at radius 1 is 1.09 bits per heavy atom. The topological polar surface area (TPSA) is 73.8 Å². The van der Waals surface area contributed by atoms with E-state index in [1.165, 1.54) is 27.8 Å². The van der Waals surface area contributed by atoms with Gasteiger partial charge in [-0.3, -0.25) is 9.69 Å². The lowest BCUT2D eigenvalue weighted by Gasteiger charge is -2.33. The predicted molar refractivity (Wildman–Crippen MR) is 126 cm³/mol. The highest BCUT2D eigenvalue weighted by Gasteiger charge is 2.31. The molecular formula is C23H30N4O3S2. The lowest BCUT2D eigenvalue weighted by molar-refractivity contribution is -0.128. The first-order chi connectivity index (χ1) is 15.5. The smallest absolute Gasteiger partial charge is 0.244 e. The van der Waals surface area contributed by atoms with Gasteiger partial charge in [0.05, 0.1) is 10.8 Å². The number of amides is 1. The van der Waals surface area contributed by atoms with Gasteiger partial charge < -0.3 is 4.90 Å². The highest BCUT2D eigenvalue weighted by Crippen LogP contribution is 2.28. The molecule has 0 spiro atoms. The zero-order valence-electron chi connectivity index (χ0n) is 18.4. The molecule has 2 fully saturated rings. The quantitative estimate of drug-likeness (QED) is 0.521. The van der Waals surface area contributed by atoms with Gasteiger partial charge >= 0.3 is 0 Å². The van der Waals surface area contributed by atoms with E-state index in [9.17, 15) is 13.2 Å². The van der Waals surface area contributed by atoms with Crippen molar-refractivity contribution in [3.8, 4) is 0 Å². The molecule has 0 bridgehead atoms. The summed E-state index contributed by atoms with van der Waals surface area (Å²) in [6.45, 7) is 5.89. The molecule has 2 aromatic rings. The van der Waals surface area contributed by atoms with Gasteiger partial charge in [-0.15, -0.1) is 0 Å². The number of pyridine rings is 1. The number of hydrogen-bond acceptors (Lipinski definition) is 6. The van der Waals surface area contributed by atoms with Crippen molar-refractivity contribution in [3.05, 3.63) is 54.2 Å². The first kappa shape index (κ1) is 23.2. The molecule has 1 aromatic heterocycles. The summed E-state index contributed by atoms with van der Waals surface area (Å²) < 4.78 is 27.6. The van der Waals surface area contributed by atoms with Crippen LogP contribution in [0.5, 0.6) is 0 Å². The fraction of sp³-hybridized carbons (Fsp3) is 0.478. The first-order valence-corrected chi connectivity index (χ1v) is 13.5. The van der Waals surface area contributed by atoms with Crippen molar-refractivity contribution in [1.29, 1.82) is 0 Å². The molecule has 1 aliphatic heterocycles. The van der Waals surface area contributed by atoms with Crippen LogP contribution in [-0.2, 0) is 21.4 Å². The van der Waals surface area contributed by atoms with Crippen LogP contribution in [0, 0.1) is 0 Å². The van der Waals surface area contributed by atoms with Gasteiger partial charge in [0.1, 0.15) is 4.90 Å². The molecule has 1 saturated heterocycles. The lowest BCUT2D eigenvalue weighted by Crippen LogP contribution is -2.48. The molecule has 1 amide bonds. The molecule has 1 aromatic carbocycles. The maximum Gasteiger partial charge on any atom is 0.244 e. The third-order valence-corrected chi connectivity index (χ3v) is 8.73. The van der Waals surface area contributed by atoms with E-state index in [2.05, 4.69) is 22.0 Å². The third kappa shape index (κ3) is 5.70. The molecule has 0 N–H and O–H groups in total. The fourth-order valence-corrected chi connectivity index (χ4v) is 6.06. The summed E-state index contributed by atoms with van der Waals surface area (Å²) >= 11 is 1.36. The van der Waals surface area contributed by atoms with E-state index in [0.29, 0.717) is 43.0 Å². The highest BCUT2D eigenvalue weighted by molar-refractivity contribution is 7.99. The van der Waals surface area contributed by atoms with Crippen LogP contribution in [-0.4, -0.2) is 77.9 Å². The number of rotatable bonds is 9. The molecule has 1 saturated carbocycles. The van der Waals surface area contributed by atoms with Crippen molar-refractivity contribution in [1.82, 2.24) is 19.1 Å². The molecule has 4 rings (SSSR count). The Morgan fingerprint density at radius 2 is 1.81 bits per heavy atom. The second-order valence-corrected chi connectivity index (χ2v) is 11.1. The summed E-state index contributed by atoms with van der Waals surface area (Å²) in [6.07, 6.45) is 3.60. The van der Waals surface area contributed by atoms with Gasteiger partial charge in [-0.2, -0.15) is 4.31 Å². The highest BCUT2D eigenvalue weighted by atomic mass is 32.2. The maximum atomic E-state index is 13.0. The number of carbonyl (C=O) groups is 1. The van der Waals surface area contributed by atoms with Crippen LogP contribution in [0.25, 0.3) is 0 Å². The maximum absolute atomic E-state index is 13.0. The summed E-state index contributed by atoms with van der Waals surface area (Å²) in [7, 11) is -3.57. The Labute approximate surface area is 194 Å². The van der Waals surface area contributed by atoms with Crippen molar-refractivity contribution in [2.45, 2.75) is 42.3 Å². The summed E-state index contributed by atoms with van der Waals surface area (Å²) in [5, 5.41) is 0.664. The van der Waals surface area contributed by atoms with Crippen LogP contribution >= 0.6 is 11.8 Å². The van der Waals surface area contributed by atoms with E-state index < -0.39 is 10.0 Å². The molecule has 1 aliphatic carbocycles. The molecular weight excluding hydrogens is 444 g/mol. The Hall–Kier alpha value is -1.94. The van der Waals surface area contributed by atoms with Crippen LogP contribution in [0.15, 0.2) is 58.6 Å². The number of piperazine rings is 1. The number of carbonyl (C=O) groups excluding carboxylic acids is 1. The summed E-state index contributed by atoms with van der Waals surface area (Å²) in [6, 6.07) is 13.9. The van der Waals surface area contributed by atoms with Gasteiger partial charge in [0.15, 0.2) is 0 Å². The van der Waals surface area contributed by atoms with Gasteiger partial charge in [0.2, 0.25) is 15.9 Å². The van der Waals surface area contributed by atoms with Crippen LogP contribution in [0.3, 0.4) is 0 Å². The van der Waals surface area contributed by atoms with E-state index in [-0.39, 0.29) is 10.8 Å². The van der Waals surface area contributed by atoms with Gasteiger partial charge in [-0.25, -0.2) is 13.4 Å². The Kier molecular flexibility index (Phi) is 7.50. The predicted octanol–water partition coefficient (Wildman–Crippen LogP) is 2.69. The number of aromatic nitrogens is 1. The van der Waals surface area contributed by atoms with Crippen molar-refractivity contribution >= 4 is 27.7 Å². The normalized spacial score (nSPS) is 17.9. The number of thioether (sulfide) groups is 1. The van der Waals surface area contributed by atoms with E-state index >= 15 is 0 Å². The molecule has 2 heterocycles. The third-order valence-electron chi connectivity index (χ3n) is 5.92. The van der Waals surface area contributed by atoms with Gasteiger partial charge in [-0.05, 0) is 37.5 Å². The van der Waals surface area contributed by atoms with Crippen LogP contribution in [0.2, 0.25) is 0 Å². The number of benzene rings is 1. The van der Waals surface area contributed by atoms with E-state index in [0.717, 1.165) is 25.9 Å². The minimum Gasteiger partial charge on any atom is -0.339 e. The molecule has 7 nitrogen and oxygen atoms in total. The molecule has 32 heavy (non-hydrogen) atoms. The summed E-state index contributed by atoms with van der Waals surface area (Å²) in [5.74, 6) is 0.444. The second-order valence-electron chi connectivity index (χ2n) is 8.20. The van der Waals surface area contributed by atoms with Crippen molar-refractivity contribution in [2.75, 3.05) is 38.5 Å². The minimum absolute atomic E-state index is 0.117. The van der Waals surface area contributed by atoms with Crippen molar-refractivity contribution in [3.63, 3.8) is 0 Å². The van der Waals surface area contributed by atoms with Crippen molar-refractivity contribution < 1.29 is 13.2 Å². The van der Waals surface area contributed by atoms with Crippen LogP contribution < -0.4 is 0 Å². The summed E-state index contributed by atoms with van der Waals surface area (Å²) in [5.41, 5.74) is 1.23. The fourth-order valence-electron chi connectivity index (χ4n) is 3.97. The summed E-state index contributed by atoms with van der Waals surface area (Å²) in [4.78, 5) is 21.1. The standard InChI is InChI=1S/C23H30N4O3S2/c1-2-27(20-8-9-20)23(28)18-31-22-11-10-21(16-24-22)32(29,30)26-14-12-25(13-15-26)17-19-6-4-3-5-7-19/h3-7,10-11,16,20H,2,8-9,12-15,17-18H2,1H3. The van der Waals surface area contributed by atoms with Gasteiger partial charge in [0.25, 0.3) is 0 Å². The Bertz CT molecular complexity index is 1000. The second kappa shape index (κ2) is 10.3. The molecule has 0 radical (unpaired) electrons. The zero-order chi connectivity index (χ0) is 22.6. The molecule has 172 valence electrons. The zero-order valence-corrected chi connectivity index (χ0v) is 20.0. The first-order valence-electron chi connectivity index (χ1n) is 11.1. The van der Waals surface area contributed by atoms with Crippen LogP contribution in [0.1, 0.15) is 25.3 Å². The number of hydrogen-bond donors (Lipinski definition) is 0. The average Bonchev–Trinajstić information content (AvgIpc) is 3.65. The number of sulfonamides is 1. The molecule has 0 unspecified atom stereocenters. The van der Waals surface area contributed by atoms with E-state index in [1.807, 2.05) is 30.0 Å².